The van der Waals surface area contributed by atoms with Crippen LogP contribution in [0.5, 0.6) is 5.75 Å². The van der Waals surface area contributed by atoms with Gasteiger partial charge < -0.3 is 9.15 Å². The van der Waals surface area contributed by atoms with E-state index in [1.807, 2.05) is 0 Å². The molecule has 1 amide bonds. The van der Waals surface area contributed by atoms with Crippen LogP contribution in [0.1, 0.15) is 17.1 Å². The summed E-state index contributed by atoms with van der Waals surface area (Å²) in [6.07, 6.45) is 3.31. The van der Waals surface area contributed by atoms with E-state index < -0.39 is 0 Å². The van der Waals surface area contributed by atoms with Crippen LogP contribution in [-0.4, -0.2) is 21.7 Å². The van der Waals surface area contributed by atoms with E-state index >= 15 is 0 Å². The van der Waals surface area contributed by atoms with Crippen LogP contribution in [-0.2, 0) is 11.4 Å². The lowest BCUT2D eigenvalue weighted by Gasteiger charge is -2.10. The number of furan rings is 1. The zero-order valence-electron chi connectivity index (χ0n) is 13.7. The molecule has 0 spiro atoms. The molecule has 2 heterocycles. The zero-order chi connectivity index (χ0) is 18.5. The number of hydrogen-bond acceptors (Lipinski definition) is 6. The highest BCUT2D eigenvalue weighted by Gasteiger charge is 2.31. The summed E-state index contributed by atoms with van der Waals surface area (Å²) in [6.45, 7) is 4.27. The van der Waals surface area contributed by atoms with Gasteiger partial charge in [-0.25, -0.2) is 0 Å². The SMILES string of the molecule is C=CCN1C(=O)/C(=C/c2ccc(COc3ccc(C#N)cc3)o2)SC1=S. The summed E-state index contributed by atoms with van der Waals surface area (Å²) in [5.41, 5.74) is 0.575. The first-order valence-electron chi connectivity index (χ1n) is 7.68. The lowest BCUT2D eigenvalue weighted by molar-refractivity contribution is -0.121. The fraction of sp³-hybridized carbons (Fsp3) is 0.105. The van der Waals surface area contributed by atoms with Gasteiger partial charge in [0.1, 0.15) is 28.2 Å². The van der Waals surface area contributed by atoms with E-state index in [2.05, 4.69) is 12.6 Å². The maximum absolute atomic E-state index is 12.3. The summed E-state index contributed by atoms with van der Waals surface area (Å²) in [6, 6.07) is 12.5. The van der Waals surface area contributed by atoms with E-state index in [0.717, 1.165) is 0 Å². The van der Waals surface area contributed by atoms with Crippen LogP contribution in [0.2, 0.25) is 0 Å². The molecule has 0 atom stereocenters. The molecule has 1 aromatic carbocycles. The average molecular weight is 382 g/mol. The molecule has 1 aliphatic heterocycles. The number of nitriles is 1. The second kappa shape index (κ2) is 8.04. The largest absolute Gasteiger partial charge is 0.486 e. The summed E-state index contributed by atoms with van der Waals surface area (Å²) >= 11 is 6.45. The molecule has 0 saturated carbocycles. The Bertz CT molecular complexity index is 923. The van der Waals surface area contributed by atoms with Gasteiger partial charge in [0.15, 0.2) is 0 Å². The van der Waals surface area contributed by atoms with Gasteiger partial charge in [-0.15, -0.1) is 6.58 Å². The maximum Gasteiger partial charge on any atom is 0.266 e. The van der Waals surface area contributed by atoms with Crippen molar-refractivity contribution in [2.75, 3.05) is 6.54 Å². The number of rotatable bonds is 6. The van der Waals surface area contributed by atoms with Gasteiger partial charge in [0.05, 0.1) is 16.5 Å². The van der Waals surface area contributed by atoms with Crippen molar-refractivity contribution in [1.82, 2.24) is 4.90 Å². The van der Waals surface area contributed by atoms with Gasteiger partial charge in [-0.1, -0.05) is 30.1 Å². The number of thioether (sulfide) groups is 1. The minimum atomic E-state index is -0.147. The molecule has 0 radical (unpaired) electrons. The molecule has 130 valence electrons. The molecule has 0 unspecified atom stereocenters. The quantitative estimate of drug-likeness (QED) is 0.425. The van der Waals surface area contributed by atoms with Gasteiger partial charge in [-0.3, -0.25) is 9.69 Å². The smallest absolute Gasteiger partial charge is 0.266 e. The molecular formula is C19H14N2O3S2. The monoisotopic (exact) mass is 382 g/mol. The molecular weight excluding hydrogens is 368 g/mol. The van der Waals surface area contributed by atoms with Crippen molar-refractivity contribution in [3.05, 3.63) is 71.0 Å². The van der Waals surface area contributed by atoms with Crippen molar-refractivity contribution in [2.45, 2.75) is 6.61 Å². The summed E-state index contributed by atoms with van der Waals surface area (Å²) in [4.78, 5) is 14.3. The van der Waals surface area contributed by atoms with Gasteiger partial charge in [0, 0.05) is 12.6 Å². The molecule has 5 nitrogen and oxygen atoms in total. The van der Waals surface area contributed by atoms with Crippen molar-refractivity contribution in [3.8, 4) is 11.8 Å². The minimum Gasteiger partial charge on any atom is -0.486 e. The van der Waals surface area contributed by atoms with E-state index in [9.17, 15) is 4.79 Å². The number of nitrogens with zero attached hydrogens (tertiary/aromatic N) is 2. The Balaban J connectivity index is 1.64. The van der Waals surface area contributed by atoms with Gasteiger partial charge in [-0.05, 0) is 36.4 Å². The third-order valence-corrected chi connectivity index (χ3v) is 4.88. The average Bonchev–Trinajstić information content (AvgIpc) is 3.20. The standard InChI is InChI=1S/C19H14N2O3S2/c1-2-9-21-18(22)17(26-19(21)25)10-15-7-8-16(24-15)12-23-14-5-3-13(11-20)4-6-14/h2-8,10H,1,9,12H2/b17-10-. The van der Waals surface area contributed by atoms with E-state index in [1.54, 1.807) is 48.6 Å². The Morgan fingerprint density at radius 2 is 2.08 bits per heavy atom. The zero-order valence-corrected chi connectivity index (χ0v) is 15.3. The Kier molecular flexibility index (Phi) is 5.56. The molecule has 1 saturated heterocycles. The van der Waals surface area contributed by atoms with Crippen molar-refractivity contribution >= 4 is 40.3 Å². The van der Waals surface area contributed by atoms with Crippen molar-refractivity contribution in [3.63, 3.8) is 0 Å². The first-order chi connectivity index (χ1) is 12.6. The molecule has 0 bridgehead atoms. The Morgan fingerprint density at radius 3 is 2.77 bits per heavy atom. The molecule has 26 heavy (non-hydrogen) atoms. The summed E-state index contributed by atoms with van der Waals surface area (Å²) in [5.74, 6) is 1.68. The third-order valence-electron chi connectivity index (χ3n) is 3.51. The van der Waals surface area contributed by atoms with Gasteiger partial charge in [0.2, 0.25) is 0 Å². The third kappa shape index (κ3) is 4.04. The molecule has 0 aliphatic carbocycles. The van der Waals surface area contributed by atoms with E-state index in [0.29, 0.717) is 38.6 Å². The predicted octanol–water partition coefficient (Wildman–Crippen LogP) is 4.12. The number of ether oxygens (including phenoxy) is 1. The first-order valence-corrected chi connectivity index (χ1v) is 8.91. The normalized spacial score (nSPS) is 15.3. The number of carbonyl (C=O) groups is 1. The highest BCUT2D eigenvalue weighted by molar-refractivity contribution is 8.26. The van der Waals surface area contributed by atoms with Crippen molar-refractivity contribution in [2.24, 2.45) is 0 Å². The number of benzene rings is 1. The highest BCUT2D eigenvalue weighted by atomic mass is 32.2. The molecule has 1 fully saturated rings. The lowest BCUT2D eigenvalue weighted by Crippen LogP contribution is -2.27. The topological polar surface area (TPSA) is 66.5 Å². The summed E-state index contributed by atoms with van der Waals surface area (Å²) in [5, 5.41) is 8.78. The Hall–Kier alpha value is -2.82. The lowest BCUT2D eigenvalue weighted by atomic mass is 10.2. The van der Waals surface area contributed by atoms with Crippen LogP contribution in [0.25, 0.3) is 6.08 Å². The number of hydrogen-bond donors (Lipinski definition) is 0. The van der Waals surface area contributed by atoms with E-state index in [1.165, 1.54) is 16.7 Å². The van der Waals surface area contributed by atoms with Crippen LogP contribution >= 0.6 is 24.0 Å². The van der Waals surface area contributed by atoms with Crippen molar-refractivity contribution in [1.29, 1.82) is 5.26 Å². The van der Waals surface area contributed by atoms with Crippen LogP contribution in [0.3, 0.4) is 0 Å². The summed E-state index contributed by atoms with van der Waals surface area (Å²) < 4.78 is 11.8. The minimum absolute atomic E-state index is 0.147. The molecule has 3 rings (SSSR count). The highest BCUT2D eigenvalue weighted by Crippen LogP contribution is 2.32. The molecule has 1 aromatic heterocycles. The van der Waals surface area contributed by atoms with E-state index in [-0.39, 0.29) is 12.5 Å². The second-order valence-corrected chi connectivity index (χ2v) is 6.99. The first kappa shape index (κ1) is 18.0. The Labute approximate surface area is 160 Å². The maximum atomic E-state index is 12.3. The Morgan fingerprint density at radius 1 is 1.31 bits per heavy atom. The molecule has 0 N–H and O–H groups in total. The van der Waals surface area contributed by atoms with E-state index in [4.69, 9.17) is 26.6 Å². The summed E-state index contributed by atoms with van der Waals surface area (Å²) in [7, 11) is 0. The van der Waals surface area contributed by atoms with Crippen LogP contribution in [0.15, 0.2) is 58.4 Å². The van der Waals surface area contributed by atoms with Gasteiger partial charge >= 0.3 is 0 Å². The number of carbonyl (C=O) groups excluding carboxylic acids is 1. The fourth-order valence-corrected chi connectivity index (χ4v) is 3.50. The number of amides is 1. The molecule has 7 heteroatoms. The second-order valence-electron chi connectivity index (χ2n) is 5.31. The van der Waals surface area contributed by atoms with Gasteiger partial charge in [-0.2, -0.15) is 5.26 Å². The van der Waals surface area contributed by atoms with Crippen LogP contribution < -0.4 is 4.74 Å². The van der Waals surface area contributed by atoms with Gasteiger partial charge in [0.25, 0.3) is 5.91 Å². The van der Waals surface area contributed by atoms with Crippen LogP contribution in [0.4, 0.5) is 0 Å². The van der Waals surface area contributed by atoms with Crippen LogP contribution in [0, 0.1) is 11.3 Å². The fourth-order valence-electron chi connectivity index (χ4n) is 2.25. The predicted molar refractivity (Wildman–Crippen MR) is 104 cm³/mol. The molecule has 1 aliphatic rings. The molecule has 2 aromatic rings. The van der Waals surface area contributed by atoms with Crippen molar-refractivity contribution < 1.29 is 13.9 Å². The number of thiocarbonyl (C=S) groups is 1.